The van der Waals surface area contributed by atoms with Crippen molar-refractivity contribution in [2.45, 2.75) is 25.7 Å². The molecule has 104 valence electrons. The number of ether oxygens (including phenoxy) is 1. The van der Waals surface area contributed by atoms with E-state index >= 15 is 0 Å². The van der Waals surface area contributed by atoms with Crippen LogP contribution in [0.5, 0.6) is 5.75 Å². The molecular weight excluding hydrogens is 252 g/mol. The molecule has 1 aromatic carbocycles. The molecule has 2 aliphatic carbocycles. The quantitative estimate of drug-likeness (QED) is 0.862. The number of carbonyl (C=O) groups is 1. The Morgan fingerprint density at radius 3 is 2.60 bits per heavy atom. The standard InChI is InChI=1S/C16H18N2O2/c17-9-12-1-5-14(6-2-12)20-10-15(19)18-11-16(7-8-16)13-3-4-13/h1-2,5-6,13H,3-4,7-8,10-11H2,(H,18,19). The van der Waals surface area contributed by atoms with Crippen LogP contribution in [0.25, 0.3) is 0 Å². The van der Waals surface area contributed by atoms with Gasteiger partial charge >= 0.3 is 0 Å². The Bertz CT molecular complexity index is 537. The van der Waals surface area contributed by atoms with Crippen LogP contribution in [-0.2, 0) is 4.79 Å². The second kappa shape index (κ2) is 5.16. The van der Waals surface area contributed by atoms with Crippen LogP contribution in [0.15, 0.2) is 24.3 Å². The third-order valence-corrected chi connectivity index (χ3v) is 4.33. The minimum absolute atomic E-state index is 0.0344. The average Bonchev–Trinajstić information content (AvgIpc) is 3.36. The maximum Gasteiger partial charge on any atom is 0.257 e. The fourth-order valence-electron chi connectivity index (χ4n) is 2.69. The first-order chi connectivity index (χ1) is 9.72. The number of carbonyl (C=O) groups excluding carboxylic acids is 1. The largest absolute Gasteiger partial charge is 0.484 e. The molecule has 2 fully saturated rings. The fraction of sp³-hybridized carbons (Fsp3) is 0.500. The Kier molecular flexibility index (Phi) is 3.35. The van der Waals surface area contributed by atoms with Gasteiger partial charge in [-0.1, -0.05) is 0 Å². The summed E-state index contributed by atoms with van der Waals surface area (Å²) in [6.45, 7) is 0.833. The molecule has 2 saturated carbocycles. The molecule has 4 heteroatoms. The molecule has 0 spiro atoms. The van der Waals surface area contributed by atoms with E-state index < -0.39 is 0 Å². The Morgan fingerprint density at radius 2 is 2.05 bits per heavy atom. The van der Waals surface area contributed by atoms with Crippen LogP contribution < -0.4 is 10.1 Å². The highest BCUT2D eigenvalue weighted by Gasteiger charge is 2.53. The van der Waals surface area contributed by atoms with Crippen molar-refractivity contribution in [3.8, 4) is 11.8 Å². The SMILES string of the molecule is N#Cc1ccc(OCC(=O)NCC2(C3CC3)CC2)cc1. The number of amides is 1. The van der Waals surface area contributed by atoms with Crippen molar-refractivity contribution < 1.29 is 9.53 Å². The third-order valence-electron chi connectivity index (χ3n) is 4.33. The molecular formula is C16H18N2O2. The van der Waals surface area contributed by atoms with Crippen LogP contribution in [0.2, 0.25) is 0 Å². The molecule has 2 aliphatic rings. The van der Waals surface area contributed by atoms with E-state index in [0.29, 0.717) is 16.7 Å². The van der Waals surface area contributed by atoms with Crippen LogP contribution in [0.3, 0.4) is 0 Å². The summed E-state index contributed by atoms with van der Waals surface area (Å²) in [6.07, 6.45) is 5.18. The van der Waals surface area contributed by atoms with Crippen LogP contribution >= 0.6 is 0 Å². The zero-order valence-corrected chi connectivity index (χ0v) is 11.4. The van der Waals surface area contributed by atoms with Crippen LogP contribution in [-0.4, -0.2) is 19.1 Å². The summed E-state index contributed by atoms with van der Waals surface area (Å²) in [5.41, 5.74) is 1.01. The third kappa shape index (κ3) is 2.93. The summed E-state index contributed by atoms with van der Waals surface area (Å²) in [6, 6.07) is 8.82. The van der Waals surface area contributed by atoms with E-state index in [1.54, 1.807) is 24.3 Å². The van der Waals surface area contributed by atoms with Crippen molar-refractivity contribution in [3.63, 3.8) is 0 Å². The van der Waals surface area contributed by atoms with E-state index in [0.717, 1.165) is 12.5 Å². The number of nitrogens with one attached hydrogen (secondary N) is 1. The van der Waals surface area contributed by atoms with E-state index in [1.165, 1.54) is 25.7 Å². The number of rotatable bonds is 6. The molecule has 0 bridgehead atoms. The molecule has 0 aromatic heterocycles. The van der Waals surface area contributed by atoms with Gasteiger partial charge in [0.2, 0.25) is 0 Å². The van der Waals surface area contributed by atoms with Gasteiger partial charge in [-0.3, -0.25) is 4.79 Å². The molecule has 0 heterocycles. The molecule has 4 nitrogen and oxygen atoms in total. The summed E-state index contributed by atoms with van der Waals surface area (Å²) in [7, 11) is 0. The van der Waals surface area contributed by atoms with Gasteiger partial charge < -0.3 is 10.1 Å². The maximum atomic E-state index is 11.8. The summed E-state index contributed by atoms with van der Waals surface area (Å²) in [4.78, 5) is 11.8. The van der Waals surface area contributed by atoms with Gasteiger partial charge in [0.15, 0.2) is 6.61 Å². The highest BCUT2D eigenvalue weighted by atomic mass is 16.5. The number of nitriles is 1. The molecule has 1 amide bonds. The Labute approximate surface area is 118 Å². The van der Waals surface area contributed by atoms with Gasteiger partial charge in [0.05, 0.1) is 11.6 Å². The molecule has 0 radical (unpaired) electrons. The molecule has 3 rings (SSSR count). The van der Waals surface area contributed by atoms with Crippen molar-refractivity contribution in [3.05, 3.63) is 29.8 Å². The van der Waals surface area contributed by atoms with E-state index in [4.69, 9.17) is 10.00 Å². The van der Waals surface area contributed by atoms with Crippen molar-refractivity contribution in [2.24, 2.45) is 11.3 Å². The summed E-state index contributed by atoms with van der Waals surface area (Å²) < 4.78 is 5.41. The zero-order chi connectivity index (χ0) is 14.0. The lowest BCUT2D eigenvalue weighted by Crippen LogP contribution is -2.34. The molecule has 1 N–H and O–H groups in total. The van der Waals surface area contributed by atoms with E-state index in [2.05, 4.69) is 5.32 Å². The van der Waals surface area contributed by atoms with E-state index in [1.807, 2.05) is 6.07 Å². The summed E-state index contributed by atoms with van der Waals surface area (Å²) >= 11 is 0. The minimum atomic E-state index is -0.0683. The number of benzene rings is 1. The Balaban J connectivity index is 1.41. The lowest BCUT2D eigenvalue weighted by molar-refractivity contribution is -0.123. The number of hydrogen-bond donors (Lipinski definition) is 1. The lowest BCUT2D eigenvalue weighted by atomic mass is 10.0. The molecule has 0 unspecified atom stereocenters. The van der Waals surface area contributed by atoms with Gasteiger partial charge in [-0.25, -0.2) is 0 Å². The first-order valence-corrected chi connectivity index (χ1v) is 7.11. The first-order valence-electron chi connectivity index (χ1n) is 7.11. The highest BCUT2D eigenvalue weighted by molar-refractivity contribution is 5.77. The Hall–Kier alpha value is -2.02. The smallest absolute Gasteiger partial charge is 0.257 e. The Morgan fingerprint density at radius 1 is 1.35 bits per heavy atom. The van der Waals surface area contributed by atoms with Crippen LogP contribution in [0.1, 0.15) is 31.2 Å². The molecule has 0 saturated heterocycles. The van der Waals surface area contributed by atoms with Crippen LogP contribution in [0.4, 0.5) is 0 Å². The zero-order valence-electron chi connectivity index (χ0n) is 11.4. The topological polar surface area (TPSA) is 62.1 Å². The molecule has 0 aliphatic heterocycles. The number of nitrogens with zero attached hydrogens (tertiary/aromatic N) is 1. The lowest BCUT2D eigenvalue weighted by Gasteiger charge is -2.15. The molecule has 1 aromatic rings. The minimum Gasteiger partial charge on any atom is -0.484 e. The van der Waals surface area contributed by atoms with E-state index in [-0.39, 0.29) is 12.5 Å². The van der Waals surface area contributed by atoms with Gasteiger partial charge in [-0.15, -0.1) is 0 Å². The second-order valence-electron chi connectivity index (χ2n) is 5.84. The average molecular weight is 270 g/mol. The maximum absolute atomic E-state index is 11.8. The second-order valence-corrected chi connectivity index (χ2v) is 5.84. The van der Waals surface area contributed by atoms with Gasteiger partial charge in [-0.2, -0.15) is 5.26 Å². The first kappa shape index (κ1) is 13.0. The fourth-order valence-corrected chi connectivity index (χ4v) is 2.69. The van der Waals surface area contributed by atoms with Crippen molar-refractivity contribution in [2.75, 3.05) is 13.2 Å². The van der Waals surface area contributed by atoms with Gasteiger partial charge in [0, 0.05) is 6.54 Å². The summed E-state index contributed by atoms with van der Waals surface area (Å²) in [5.74, 6) is 1.39. The monoisotopic (exact) mass is 270 g/mol. The van der Waals surface area contributed by atoms with E-state index in [9.17, 15) is 4.79 Å². The van der Waals surface area contributed by atoms with Crippen molar-refractivity contribution in [1.82, 2.24) is 5.32 Å². The normalized spacial score (nSPS) is 18.9. The van der Waals surface area contributed by atoms with Crippen molar-refractivity contribution in [1.29, 1.82) is 5.26 Å². The summed E-state index contributed by atoms with van der Waals surface area (Å²) in [5, 5.41) is 11.7. The van der Waals surface area contributed by atoms with Crippen LogP contribution in [0, 0.1) is 22.7 Å². The van der Waals surface area contributed by atoms with Gasteiger partial charge in [0.25, 0.3) is 5.91 Å². The number of hydrogen-bond acceptors (Lipinski definition) is 3. The van der Waals surface area contributed by atoms with Gasteiger partial charge in [0.1, 0.15) is 5.75 Å². The van der Waals surface area contributed by atoms with Crippen molar-refractivity contribution >= 4 is 5.91 Å². The molecule has 20 heavy (non-hydrogen) atoms. The van der Waals surface area contributed by atoms with Gasteiger partial charge in [-0.05, 0) is 61.3 Å². The molecule has 0 atom stereocenters. The predicted octanol–water partition coefficient (Wildman–Crippen LogP) is 2.24. The predicted molar refractivity (Wildman–Crippen MR) is 74.1 cm³/mol. The highest BCUT2D eigenvalue weighted by Crippen LogP contribution is 2.60.